The second kappa shape index (κ2) is 4.62. The van der Waals surface area contributed by atoms with Crippen molar-refractivity contribution < 1.29 is 9.59 Å². The van der Waals surface area contributed by atoms with Crippen molar-refractivity contribution in [1.82, 2.24) is 4.90 Å². The molecule has 4 nitrogen and oxygen atoms in total. The number of hydrogen-bond acceptors (Lipinski definition) is 4. The molecule has 5 heteroatoms. The molecule has 13 heavy (non-hydrogen) atoms. The lowest BCUT2D eigenvalue weighted by Crippen LogP contribution is -2.47. The highest BCUT2D eigenvalue weighted by Crippen LogP contribution is 2.16. The summed E-state index contributed by atoms with van der Waals surface area (Å²) in [4.78, 5) is 23.7. The Kier molecular flexibility index (Phi) is 3.74. The Morgan fingerprint density at radius 1 is 1.77 bits per heavy atom. The van der Waals surface area contributed by atoms with Gasteiger partial charge in [0.05, 0.1) is 12.1 Å². The van der Waals surface area contributed by atoms with Crippen LogP contribution < -0.4 is 5.73 Å². The number of carbonyl (C=O) groups excluding carboxylic acids is 2. The number of aldehydes is 1. The Bertz CT molecular complexity index is 210. The SMILES string of the molecule is N[C@@H](CS)C(=O)N1CCC[C@H]1C=O. The van der Waals surface area contributed by atoms with Crippen molar-refractivity contribution in [2.75, 3.05) is 12.3 Å². The van der Waals surface area contributed by atoms with Crippen LogP contribution in [0.25, 0.3) is 0 Å². The standard InChI is InChI=1S/C8H14N2O2S/c9-7(5-13)8(12)10-3-1-2-6(10)4-11/h4,6-7,13H,1-3,5,9H2/t6-,7-/m0/s1. The minimum Gasteiger partial charge on any atom is -0.332 e. The molecule has 2 atom stereocenters. The quantitative estimate of drug-likeness (QED) is 0.476. The molecule has 1 amide bonds. The molecule has 1 aliphatic heterocycles. The maximum absolute atomic E-state index is 11.5. The van der Waals surface area contributed by atoms with Gasteiger partial charge in [-0.2, -0.15) is 12.6 Å². The molecule has 1 aliphatic rings. The first-order valence-electron chi connectivity index (χ1n) is 4.33. The second-order valence-electron chi connectivity index (χ2n) is 3.17. The van der Waals surface area contributed by atoms with Crippen LogP contribution in [0.3, 0.4) is 0 Å². The molecule has 0 aromatic carbocycles. The van der Waals surface area contributed by atoms with Gasteiger partial charge in [-0.15, -0.1) is 0 Å². The third-order valence-corrected chi connectivity index (χ3v) is 2.65. The minimum absolute atomic E-state index is 0.162. The first-order chi connectivity index (χ1) is 6.20. The van der Waals surface area contributed by atoms with E-state index in [-0.39, 0.29) is 11.9 Å². The molecule has 0 spiro atoms. The third-order valence-electron chi connectivity index (χ3n) is 2.25. The molecule has 74 valence electrons. The molecule has 0 aromatic heterocycles. The van der Waals surface area contributed by atoms with Crippen molar-refractivity contribution in [3.05, 3.63) is 0 Å². The summed E-state index contributed by atoms with van der Waals surface area (Å²) in [7, 11) is 0. The predicted octanol–water partition coefficient (Wildman–Crippen LogP) is -0.567. The van der Waals surface area contributed by atoms with E-state index in [1.54, 1.807) is 4.90 Å². The monoisotopic (exact) mass is 202 g/mol. The highest BCUT2D eigenvalue weighted by atomic mass is 32.1. The summed E-state index contributed by atoms with van der Waals surface area (Å²) in [5.74, 6) is 0.158. The Morgan fingerprint density at radius 3 is 3.00 bits per heavy atom. The molecule has 0 radical (unpaired) electrons. The summed E-state index contributed by atoms with van der Waals surface area (Å²) in [5, 5.41) is 0. The zero-order valence-corrected chi connectivity index (χ0v) is 8.24. The van der Waals surface area contributed by atoms with E-state index in [9.17, 15) is 9.59 Å². The maximum atomic E-state index is 11.5. The fourth-order valence-corrected chi connectivity index (χ4v) is 1.65. The fraction of sp³-hybridized carbons (Fsp3) is 0.750. The number of hydrogen-bond donors (Lipinski definition) is 2. The smallest absolute Gasteiger partial charge is 0.240 e. The Labute approximate surface area is 82.9 Å². The van der Waals surface area contributed by atoms with Crippen LogP contribution in [0.1, 0.15) is 12.8 Å². The summed E-state index contributed by atoms with van der Waals surface area (Å²) < 4.78 is 0. The molecular weight excluding hydrogens is 188 g/mol. The fourth-order valence-electron chi connectivity index (χ4n) is 1.50. The Balaban J connectivity index is 2.59. The number of nitrogens with two attached hydrogens (primary N) is 1. The van der Waals surface area contributed by atoms with Crippen LogP contribution >= 0.6 is 12.6 Å². The first-order valence-corrected chi connectivity index (χ1v) is 4.96. The highest BCUT2D eigenvalue weighted by Gasteiger charge is 2.30. The van der Waals surface area contributed by atoms with Gasteiger partial charge in [0, 0.05) is 12.3 Å². The molecule has 1 heterocycles. The molecule has 2 N–H and O–H groups in total. The van der Waals surface area contributed by atoms with E-state index in [2.05, 4.69) is 12.6 Å². The zero-order chi connectivity index (χ0) is 9.84. The second-order valence-corrected chi connectivity index (χ2v) is 3.53. The van der Waals surface area contributed by atoms with E-state index in [4.69, 9.17) is 5.73 Å². The summed E-state index contributed by atoms with van der Waals surface area (Å²) in [6.45, 7) is 0.643. The van der Waals surface area contributed by atoms with Gasteiger partial charge in [0.1, 0.15) is 6.29 Å². The molecule has 0 aromatic rings. The number of nitrogens with zero attached hydrogens (tertiary/aromatic N) is 1. The van der Waals surface area contributed by atoms with Gasteiger partial charge in [-0.3, -0.25) is 4.79 Å². The van der Waals surface area contributed by atoms with Gasteiger partial charge >= 0.3 is 0 Å². The minimum atomic E-state index is -0.580. The van der Waals surface area contributed by atoms with Gasteiger partial charge in [-0.1, -0.05) is 0 Å². The summed E-state index contributed by atoms with van der Waals surface area (Å²) in [5.41, 5.74) is 5.53. The van der Waals surface area contributed by atoms with Crippen LogP contribution in [0.2, 0.25) is 0 Å². The molecule has 1 rings (SSSR count). The van der Waals surface area contributed by atoms with Crippen LogP contribution in [0, 0.1) is 0 Å². The van der Waals surface area contributed by atoms with Gasteiger partial charge in [0.15, 0.2) is 0 Å². The lowest BCUT2D eigenvalue weighted by atomic mass is 10.2. The van der Waals surface area contributed by atoms with E-state index < -0.39 is 6.04 Å². The van der Waals surface area contributed by atoms with Gasteiger partial charge in [0.25, 0.3) is 0 Å². The van der Waals surface area contributed by atoms with Crippen molar-refractivity contribution in [2.24, 2.45) is 5.73 Å². The number of thiol groups is 1. The van der Waals surface area contributed by atoms with Crippen LogP contribution in [0.15, 0.2) is 0 Å². The van der Waals surface area contributed by atoms with Gasteiger partial charge in [0.2, 0.25) is 5.91 Å². The predicted molar refractivity (Wildman–Crippen MR) is 52.6 cm³/mol. The molecule has 0 aliphatic carbocycles. The van der Waals surface area contributed by atoms with E-state index in [1.807, 2.05) is 0 Å². The van der Waals surface area contributed by atoms with E-state index >= 15 is 0 Å². The summed E-state index contributed by atoms with van der Waals surface area (Å²) >= 11 is 3.95. The zero-order valence-electron chi connectivity index (χ0n) is 7.35. The number of rotatable bonds is 3. The van der Waals surface area contributed by atoms with Crippen LogP contribution in [-0.4, -0.2) is 41.5 Å². The summed E-state index contributed by atoms with van der Waals surface area (Å²) in [6.07, 6.45) is 2.46. The molecule has 0 bridgehead atoms. The highest BCUT2D eigenvalue weighted by molar-refractivity contribution is 7.80. The molecule has 0 saturated carbocycles. The van der Waals surface area contributed by atoms with Crippen molar-refractivity contribution in [3.63, 3.8) is 0 Å². The lowest BCUT2D eigenvalue weighted by Gasteiger charge is -2.23. The first kappa shape index (κ1) is 10.5. The number of amides is 1. The average molecular weight is 202 g/mol. The summed E-state index contributed by atoms with van der Waals surface area (Å²) in [6, 6.07) is -0.845. The number of carbonyl (C=O) groups is 2. The van der Waals surface area contributed by atoms with Crippen LogP contribution in [0.5, 0.6) is 0 Å². The van der Waals surface area contributed by atoms with Crippen molar-refractivity contribution in [1.29, 1.82) is 0 Å². The van der Waals surface area contributed by atoms with Crippen molar-refractivity contribution >= 4 is 24.8 Å². The Hall–Kier alpha value is -0.550. The van der Waals surface area contributed by atoms with Gasteiger partial charge < -0.3 is 15.4 Å². The largest absolute Gasteiger partial charge is 0.332 e. The average Bonchev–Trinajstić information content (AvgIpc) is 2.62. The maximum Gasteiger partial charge on any atom is 0.240 e. The number of likely N-dealkylation sites (tertiary alicyclic amines) is 1. The molecule has 0 unspecified atom stereocenters. The topological polar surface area (TPSA) is 63.4 Å². The van der Waals surface area contributed by atoms with Crippen LogP contribution in [-0.2, 0) is 9.59 Å². The van der Waals surface area contributed by atoms with Crippen molar-refractivity contribution in [3.8, 4) is 0 Å². The molecule has 1 fully saturated rings. The van der Waals surface area contributed by atoms with Gasteiger partial charge in [-0.05, 0) is 12.8 Å². The van der Waals surface area contributed by atoms with E-state index in [0.29, 0.717) is 12.3 Å². The molecule has 1 saturated heterocycles. The normalized spacial score (nSPS) is 24.5. The van der Waals surface area contributed by atoms with E-state index in [0.717, 1.165) is 19.1 Å². The van der Waals surface area contributed by atoms with E-state index in [1.165, 1.54) is 0 Å². The third kappa shape index (κ3) is 2.22. The van der Waals surface area contributed by atoms with Gasteiger partial charge in [-0.25, -0.2) is 0 Å². The molecular formula is C8H14N2O2S. The van der Waals surface area contributed by atoms with Crippen LogP contribution in [0.4, 0.5) is 0 Å². The Morgan fingerprint density at radius 2 is 2.46 bits per heavy atom. The lowest BCUT2D eigenvalue weighted by molar-refractivity contribution is -0.135. The van der Waals surface area contributed by atoms with Crippen molar-refractivity contribution in [2.45, 2.75) is 24.9 Å².